The normalized spacial score (nSPS) is 10.7. The van der Waals surface area contributed by atoms with Crippen LogP contribution in [0.15, 0.2) is 22.1 Å². The summed E-state index contributed by atoms with van der Waals surface area (Å²) < 4.78 is 2.80. The molecule has 14 heavy (non-hydrogen) atoms. The molecule has 2 heterocycles. The molecule has 0 aliphatic carbocycles. The molecule has 0 fully saturated rings. The van der Waals surface area contributed by atoms with E-state index in [0.717, 1.165) is 4.47 Å². The molecular weight excluding hydrogens is 266 g/mol. The van der Waals surface area contributed by atoms with Gasteiger partial charge in [-0.25, -0.2) is 4.68 Å². The van der Waals surface area contributed by atoms with E-state index in [2.05, 4.69) is 26.2 Å². The fourth-order valence-electron chi connectivity index (χ4n) is 1.07. The second-order valence-corrected chi connectivity index (χ2v) is 4.61. The number of halogens is 1. The van der Waals surface area contributed by atoms with Gasteiger partial charge in [0.1, 0.15) is 5.69 Å². The minimum Gasteiger partial charge on any atom is -0.390 e. The molecule has 0 atom stereocenters. The van der Waals surface area contributed by atoms with Crippen LogP contribution in [0.2, 0.25) is 0 Å². The van der Waals surface area contributed by atoms with Crippen LogP contribution in [0, 0.1) is 0 Å². The summed E-state index contributed by atoms with van der Waals surface area (Å²) in [5, 5.41) is 18.5. The van der Waals surface area contributed by atoms with Gasteiger partial charge >= 0.3 is 0 Å². The van der Waals surface area contributed by atoms with Gasteiger partial charge in [-0.2, -0.15) is 0 Å². The lowest BCUT2D eigenvalue weighted by atomic mass is 10.4. The minimum atomic E-state index is -0.0639. The Morgan fingerprint density at radius 1 is 1.57 bits per heavy atom. The second-order valence-electron chi connectivity index (χ2n) is 2.76. The Kier molecular flexibility index (Phi) is 2.95. The summed E-state index contributed by atoms with van der Waals surface area (Å²) in [7, 11) is 0. The highest BCUT2D eigenvalue weighted by Gasteiger charge is 2.04. The van der Waals surface area contributed by atoms with Gasteiger partial charge in [0.25, 0.3) is 0 Å². The number of hydrogen-bond acceptors (Lipinski definition) is 4. The van der Waals surface area contributed by atoms with Crippen LogP contribution in [0.3, 0.4) is 0 Å². The van der Waals surface area contributed by atoms with Crippen LogP contribution in [-0.4, -0.2) is 20.1 Å². The average molecular weight is 274 g/mol. The van der Waals surface area contributed by atoms with E-state index in [4.69, 9.17) is 5.11 Å². The Morgan fingerprint density at radius 2 is 2.43 bits per heavy atom. The molecule has 2 rings (SSSR count). The summed E-state index contributed by atoms with van der Waals surface area (Å²) in [6.07, 6.45) is 1.74. The largest absolute Gasteiger partial charge is 0.390 e. The second kappa shape index (κ2) is 4.20. The number of hydrogen-bond donors (Lipinski definition) is 1. The molecule has 4 nitrogen and oxygen atoms in total. The fourth-order valence-corrected chi connectivity index (χ4v) is 2.54. The highest BCUT2D eigenvalue weighted by atomic mass is 79.9. The van der Waals surface area contributed by atoms with E-state index in [9.17, 15) is 0 Å². The molecule has 0 radical (unpaired) electrons. The van der Waals surface area contributed by atoms with Gasteiger partial charge in [-0.15, -0.1) is 16.4 Å². The van der Waals surface area contributed by atoms with Crippen LogP contribution in [0.4, 0.5) is 0 Å². The summed E-state index contributed by atoms with van der Waals surface area (Å²) in [5.41, 5.74) is 0.595. The van der Waals surface area contributed by atoms with E-state index in [0.29, 0.717) is 12.2 Å². The summed E-state index contributed by atoms with van der Waals surface area (Å²) in [6.45, 7) is 0.622. The van der Waals surface area contributed by atoms with Crippen molar-refractivity contribution < 1.29 is 5.11 Å². The lowest BCUT2D eigenvalue weighted by molar-refractivity contribution is 0.276. The molecule has 0 aliphatic rings. The SMILES string of the molecule is OCc1cn(Cc2sccc2Br)nn1. The van der Waals surface area contributed by atoms with Crippen LogP contribution < -0.4 is 0 Å². The number of rotatable bonds is 3. The minimum absolute atomic E-state index is 0.0639. The van der Waals surface area contributed by atoms with Crippen molar-refractivity contribution in [3.05, 3.63) is 32.7 Å². The number of nitrogens with zero attached hydrogens (tertiary/aromatic N) is 3. The molecule has 0 amide bonds. The van der Waals surface area contributed by atoms with Gasteiger partial charge in [0, 0.05) is 9.35 Å². The van der Waals surface area contributed by atoms with Gasteiger partial charge in [0.15, 0.2) is 0 Å². The lowest BCUT2D eigenvalue weighted by Gasteiger charge is -1.97. The van der Waals surface area contributed by atoms with Crippen molar-refractivity contribution >= 4 is 27.3 Å². The van der Waals surface area contributed by atoms with Gasteiger partial charge in [0.2, 0.25) is 0 Å². The highest BCUT2D eigenvalue weighted by Crippen LogP contribution is 2.23. The lowest BCUT2D eigenvalue weighted by Crippen LogP contribution is -1.98. The third kappa shape index (κ3) is 2.02. The standard InChI is InChI=1S/C8H8BrN3OS/c9-7-1-2-14-8(7)4-12-3-6(5-13)10-11-12/h1-3,13H,4-5H2. The maximum atomic E-state index is 8.81. The summed E-state index contributed by atoms with van der Waals surface area (Å²) in [5.74, 6) is 0. The van der Waals surface area contributed by atoms with Crippen molar-refractivity contribution in [2.45, 2.75) is 13.2 Å². The fraction of sp³-hybridized carbons (Fsp3) is 0.250. The van der Waals surface area contributed by atoms with Crippen molar-refractivity contribution in [1.29, 1.82) is 0 Å². The first-order valence-corrected chi connectivity index (χ1v) is 5.68. The third-order valence-electron chi connectivity index (χ3n) is 1.74. The first kappa shape index (κ1) is 9.82. The molecule has 6 heteroatoms. The Bertz CT molecular complexity index is 426. The zero-order valence-corrected chi connectivity index (χ0v) is 9.62. The van der Waals surface area contributed by atoms with E-state index in [-0.39, 0.29) is 6.61 Å². The number of aromatic nitrogens is 3. The molecule has 0 saturated heterocycles. The predicted molar refractivity (Wildman–Crippen MR) is 57.1 cm³/mol. The molecule has 0 bridgehead atoms. The van der Waals surface area contributed by atoms with Gasteiger partial charge in [-0.05, 0) is 27.4 Å². The quantitative estimate of drug-likeness (QED) is 0.925. The first-order valence-electron chi connectivity index (χ1n) is 4.01. The molecule has 0 saturated carbocycles. The molecule has 2 aromatic heterocycles. The Hall–Kier alpha value is -0.720. The summed E-state index contributed by atoms with van der Waals surface area (Å²) in [6, 6.07) is 2.00. The highest BCUT2D eigenvalue weighted by molar-refractivity contribution is 9.10. The van der Waals surface area contributed by atoms with Gasteiger partial charge in [0.05, 0.1) is 19.3 Å². The maximum absolute atomic E-state index is 8.81. The van der Waals surface area contributed by atoms with E-state index in [1.807, 2.05) is 11.4 Å². The van der Waals surface area contributed by atoms with Crippen LogP contribution in [-0.2, 0) is 13.2 Å². The van der Waals surface area contributed by atoms with Crippen LogP contribution in [0.25, 0.3) is 0 Å². The Balaban J connectivity index is 2.15. The molecule has 74 valence electrons. The number of aliphatic hydroxyl groups is 1. The van der Waals surface area contributed by atoms with Gasteiger partial charge in [-0.1, -0.05) is 5.21 Å². The molecule has 0 aromatic carbocycles. The van der Waals surface area contributed by atoms with Gasteiger partial charge in [-0.3, -0.25) is 0 Å². The van der Waals surface area contributed by atoms with Crippen molar-refractivity contribution in [1.82, 2.24) is 15.0 Å². The zero-order valence-electron chi connectivity index (χ0n) is 7.22. The van der Waals surface area contributed by atoms with E-state index < -0.39 is 0 Å². The average Bonchev–Trinajstić information content (AvgIpc) is 2.77. The van der Waals surface area contributed by atoms with E-state index in [1.54, 1.807) is 22.2 Å². The molecular formula is C8H8BrN3OS. The summed E-state index contributed by atoms with van der Waals surface area (Å²) in [4.78, 5) is 1.19. The number of aliphatic hydroxyl groups excluding tert-OH is 1. The van der Waals surface area contributed by atoms with Crippen molar-refractivity contribution in [3.8, 4) is 0 Å². The Labute approximate surface area is 93.3 Å². The molecule has 0 spiro atoms. The molecule has 1 N–H and O–H groups in total. The van der Waals surface area contributed by atoms with Crippen molar-refractivity contribution in [2.75, 3.05) is 0 Å². The van der Waals surface area contributed by atoms with Gasteiger partial charge < -0.3 is 5.11 Å². The third-order valence-corrected chi connectivity index (χ3v) is 3.66. The molecule has 0 aliphatic heterocycles. The monoisotopic (exact) mass is 273 g/mol. The van der Waals surface area contributed by atoms with E-state index in [1.165, 1.54) is 4.88 Å². The van der Waals surface area contributed by atoms with Crippen LogP contribution in [0.1, 0.15) is 10.6 Å². The van der Waals surface area contributed by atoms with Crippen LogP contribution >= 0.6 is 27.3 Å². The predicted octanol–water partition coefficient (Wildman–Crippen LogP) is 1.64. The number of thiophene rings is 1. The summed E-state index contributed by atoms with van der Waals surface area (Å²) >= 11 is 5.11. The van der Waals surface area contributed by atoms with Crippen molar-refractivity contribution in [3.63, 3.8) is 0 Å². The van der Waals surface area contributed by atoms with Crippen LogP contribution in [0.5, 0.6) is 0 Å². The smallest absolute Gasteiger partial charge is 0.108 e. The molecule has 2 aromatic rings. The van der Waals surface area contributed by atoms with E-state index >= 15 is 0 Å². The maximum Gasteiger partial charge on any atom is 0.108 e. The molecule has 0 unspecified atom stereocenters. The first-order chi connectivity index (χ1) is 6.79. The Morgan fingerprint density at radius 3 is 3.00 bits per heavy atom. The zero-order chi connectivity index (χ0) is 9.97. The van der Waals surface area contributed by atoms with Crippen molar-refractivity contribution in [2.24, 2.45) is 0 Å². The topological polar surface area (TPSA) is 50.9 Å².